The van der Waals surface area contributed by atoms with Gasteiger partial charge in [0.25, 0.3) is 5.56 Å². The van der Waals surface area contributed by atoms with Gasteiger partial charge in [0.15, 0.2) is 0 Å². The number of tetrazole rings is 1. The van der Waals surface area contributed by atoms with Gasteiger partial charge in [0.05, 0.1) is 17.3 Å². The van der Waals surface area contributed by atoms with Gasteiger partial charge < -0.3 is 9.67 Å². The molecule has 1 N–H and O–H groups in total. The smallest absolute Gasteiger partial charge is 0.335 e. The monoisotopic (exact) mass is 532 g/mol. The van der Waals surface area contributed by atoms with Crippen LogP contribution >= 0.6 is 23.2 Å². The standard InChI is InChI=1S/C26H18Cl2N6O3/c27-17-4-6-22(33-13-29-31-32-33)19(11-17)16-9-18-5-7-23(34(18)24(35)10-16)21-12-20(25(28)30-21)14-2-1-3-15(8-14)26(36)37/h1-4,6,8-11,13,23H,5,7,12H2,(H,36,37)/t23-/m0/s1. The molecule has 184 valence electrons. The number of aliphatic imine (C=N–C) groups is 1. The Balaban J connectivity index is 1.33. The van der Waals surface area contributed by atoms with Gasteiger partial charge in [-0.15, -0.1) is 5.10 Å². The van der Waals surface area contributed by atoms with Gasteiger partial charge in [-0.1, -0.05) is 35.3 Å². The molecular formula is C26H18Cl2N6O3. The Morgan fingerprint density at radius 1 is 1.05 bits per heavy atom. The van der Waals surface area contributed by atoms with E-state index in [9.17, 15) is 14.7 Å². The fourth-order valence-corrected chi connectivity index (χ4v) is 5.47. The summed E-state index contributed by atoms with van der Waals surface area (Å²) in [5.41, 5.74) is 5.33. The van der Waals surface area contributed by atoms with E-state index in [4.69, 9.17) is 23.2 Å². The number of hydrogen-bond acceptors (Lipinski definition) is 6. The van der Waals surface area contributed by atoms with Gasteiger partial charge in [-0.05, 0) is 70.8 Å². The topological polar surface area (TPSA) is 115 Å². The molecule has 9 nitrogen and oxygen atoms in total. The van der Waals surface area contributed by atoms with Crippen LogP contribution in [0.5, 0.6) is 0 Å². The predicted octanol–water partition coefficient (Wildman–Crippen LogP) is 4.78. The van der Waals surface area contributed by atoms with E-state index in [2.05, 4.69) is 20.5 Å². The van der Waals surface area contributed by atoms with Crippen LogP contribution in [0.4, 0.5) is 0 Å². The van der Waals surface area contributed by atoms with Gasteiger partial charge in [-0.2, -0.15) is 4.68 Å². The summed E-state index contributed by atoms with van der Waals surface area (Å²) in [5, 5.41) is 21.6. The number of carboxylic acids is 1. The van der Waals surface area contributed by atoms with Gasteiger partial charge in [0, 0.05) is 40.1 Å². The van der Waals surface area contributed by atoms with E-state index in [-0.39, 0.29) is 17.2 Å². The number of halogens is 2. The van der Waals surface area contributed by atoms with E-state index >= 15 is 0 Å². The first-order valence-electron chi connectivity index (χ1n) is 11.5. The average molecular weight is 533 g/mol. The van der Waals surface area contributed by atoms with Crippen molar-refractivity contribution in [2.45, 2.75) is 25.3 Å². The highest BCUT2D eigenvalue weighted by Gasteiger charge is 2.32. The molecule has 0 saturated heterocycles. The van der Waals surface area contributed by atoms with E-state index in [1.165, 1.54) is 17.1 Å². The summed E-state index contributed by atoms with van der Waals surface area (Å²) in [6.07, 6.45) is 3.33. The lowest BCUT2D eigenvalue weighted by Crippen LogP contribution is -2.27. The number of carboxylic acid groups (broad SMARTS) is 1. The third-order valence-corrected chi connectivity index (χ3v) is 7.24. The Hall–Kier alpha value is -4.08. The quantitative estimate of drug-likeness (QED) is 0.369. The number of carbonyl (C=O) groups is 1. The zero-order valence-electron chi connectivity index (χ0n) is 19.2. The van der Waals surface area contributed by atoms with Crippen LogP contribution in [0.3, 0.4) is 0 Å². The van der Waals surface area contributed by atoms with Crippen LogP contribution in [0.1, 0.15) is 40.5 Å². The summed E-state index contributed by atoms with van der Waals surface area (Å²) in [6, 6.07) is 15.3. The maximum atomic E-state index is 13.4. The highest BCUT2D eigenvalue weighted by molar-refractivity contribution is 6.35. The maximum absolute atomic E-state index is 13.4. The van der Waals surface area contributed by atoms with Crippen molar-refractivity contribution in [1.29, 1.82) is 0 Å². The zero-order chi connectivity index (χ0) is 25.7. The summed E-state index contributed by atoms with van der Waals surface area (Å²) in [7, 11) is 0. The minimum Gasteiger partial charge on any atom is -0.478 e. The minimum absolute atomic E-state index is 0.155. The number of pyridine rings is 1. The van der Waals surface area contributed by atoms with Crippen molar-refractivity contribution in [1.82, 2.24) is 24.8 Å². The van der Waals surface area contributed by atoms with Crippen molar-refractivity contribution >= 4 is 40.5 Å². The van der Waals surface area contributed by atoms with Gasteiger partial charge >= 0.3 is 5.97 Å². The van der Waals surface area contributed by atoms with E-state index in [1.807, 2.05) is 18.2 Å². The highest BCUT2D eigenvalue weighted by atomic mass is 35.5. The third-order valence-electron chi connectivity index (χ3n) is 6.69. The molecule has 0 saturated carbocycles. The minimum atomic E-state index is -1.01. The molecular weight excluding hydrogens is 515 g/mol. The van der Waals surface area contributed by atoms with Crippen LogP contribution in [0.15, 0.2) is 75.9 Å². The summed E-state index contributed by atoms with van der Waals surface area (Å²) in [4.78, 5) is 29.4. The number of aromatic nitrogens is 5. The Bertz CT molecular complexity index is 1690. The van der Waals surface area contributed by atoms with Crippen LogP contribution in [0.25, 0.3) is 22.4 Å². The van der Waals surface area contributed by atoms with Crippen LogP contribution < -0.4 is 5.56 Å². The first-order chi connectivity index (χ1) is 17.9. The molecule has 2 aliphatic rings. The Kier molecular flexibility index (Phi) is 5.73. The van der Waals surface area contributed by atoms with Crippen LogP contribution in [0, 0.1) is 0 Å². The molecule has 2 aliphatic heterocycles. The molecule has 0 spiro atoms. The van der Waals surface area contributed by atoms with Crippen LogP contribution in [-0.4, -0.2) is 41.6 Å². The molecule has 0 radical (unpaired) electrons. The molecule has 1 atom stereocenters. The highest BCUT2D eigenvalue weighted by Crippen LogP contribution is 2.39. The molecule has 0 bridgehead atoms. The average Bonchev–Trinajstić information content (AvgIpc) is 3.64. The number of hydrogen-bond donors (Lipinski definition) is 1. The Morgan fingerprint density at radius 2 is 1.92 bits per heavy atom. The summed E-state index contributed by atoms with van der Waals surface area (Å²) >= 11 is 12.8. The number of aryl methyl sites for hydroxylation is 1. The van der Waals surface area contributed by atoms with Gasteiger partial charge in [0.2, 0.25) is 0 Å². The molecule has 4 aromatic rings. The van der Waals surface area contributed by atoms with E-state index in [0.29, 0.717) is 40.7 Å². The second-order valence-corrected chi connectivity index (χ2v) is 9.64. The van der Waals surface area contributed by atoms with Crippen molar-refractivity contribution in [3.8, 4) is 16.8 Å². The van der Waals surface area contributed by atoms with Crippen LogP contribution in [0.2, 0.25) is 5.02 Å². The molecule has 0 amide bonds. The molecule has 11 heteroatoms. The molecule has 6 rings (SSSR count). The van der Waals surface area contributed by atoms with E-state index < -0.39 is 5.97 Å². The molecule has 4 heterocycles. The van der Waals surface area contributed by atoms with E-state index in [0.717, 1.165) is 28.1 Å². The Labute approximate surface area is 220 Å². The molecule has 0 fully saturated rings. The van der Waals surface area contributed by atoms with Crippen molar-refractivity contribution < 1.29 is 9.90 Å². The fourth-order valence-electron chi connectivity index (χ4n) is 5.02. The number of allylic oxidation sites excluding steroid dienone is 1. The molecule has 37 heavy (non-hydrogen) atoms. The number of nitrogens with zero attached hydrogens (tertiary/aromatic N) is 6. The molecule has 2 aromatic heterocycles. The van der Waals surface area contributed by atoms with Crippen molar-refractivity contribution in [3.63, 3.8) is 0 Å². The normalized spacial score (nSPS) is 16.7. The largest absolute Gasteiger partial charge is 0.478 e. The third kappa shape index (κ3) is 4.16. The molecule has 0 unspecified atom stereocenters. The lowest BCUT2D eigenvalue weighted by Gasteiger charge is -2.17. The lowest BCUT2D eigenvalue weighted by molar-refractivity contribution is 0.0697. The number of fused-ring (bicyclic) bond motifs is 1. The first kappa shape index (κ1) is 23.3. The van der Waals surface area contributed by atoms with Gasteiger partial charge in [-0.3, -0.25) is 4.79 Å². The predicted molar refractivity (Wildman–Crippen MR) is 139 cm³/mol. The number of benzene rings is 2. The second kappa shape index (κ2) is 9.10. The van der Waals surface area contributed by atoms with Crippen LogP contribution in [-0.2, 0) is 6.42 Å². The van der Waals surface area contributed by atoms with Gasteiger partial charge in [0.1, 0.15) is 11.5 Å². The second-order valence-electron chi connectivity index (χ2n) is 8.85. The van der Waals surface area contributed by atoms with Gasteiger partial charge in [-0.25, -0.2) is 9.79 Å². The zero-order valence-corrected chi connectivity index (χ0v) is 20.7. The Morgan fingerprint density at radius 3 is 2.70 bits per heavy atom. The molecule has 2 aromatic carbocycles. The first-order valence-corrected chi connectivity index (χ1v) is 12.2. The number of rotatable bonds is 5. The summed E-state index contributed by atoms with van der Waals surface area (Å²) < 4.78 is 3.30. The summed E-state index contributed by atoms with van der Waals surface area (Å²) in [6.45, 7) is 0. The maximum Gasteiger partial charge on any atom is 0.335 e. The number of aromatic carboxylic acids is 1. The van der Waals surface area contributed by atoms with Crippen molar-refractivity contribution in [3.05, 3.63) is 98.3 Å². The SMILES string of the molecule is O=C(O)c1cccc(C2=C(Cl)N=C([C@@H]3CCc4cc(-c5cc(Cl)ccc5-n5cnnn5)cc(=O)n43)C2)c1. The van der Waals surface area contributed by atoms with E-state index in [1.54, 1.807) is 34.9 Å². The van der Waals surface area contributed by atoms with Crippen molar-refractivity contribution in [2.24, 2.45) is 4.99 Å². The summed E-state index contributed by atoms with van der Waals surface area (Å²) in [5.74, 6) is -1.01. The van der Waals surface area contributed by atoms with Crippen molar-refractivity contribution in [2.75, 3.05) is 0 Å². The lowest BCUT2D eigenvalue weighted by atomic mass is 9.97. The fraction of sp³-hybridized carbons (Fsp3) is 0.154. The molecule has 0 aliphatic carbocycles.